The lowest BCUT2D eigenvalue weighted by Crippen LogP contribution is -2.16. The van der Waals surface area contributed by atoms with Crippen LogP contribution in [0.25, 0.3) is 5.57 Å². The molecule has 1 aliphatic rings. The van der Waals surface area contributed by atoms with E-state index in [1.54, 1.807) is 14.2 Å². The molecule has 19 heavy (non-hydrogen) atoms. The standard InChI is InChI=1S/C16H23NO2/c1-12(6-5-11-17-13-9-10-13)16-14(18-2)7-4-8-15(16)19-3/h4,6-8,13,17H,5,9-11H2,1-3H3/b12-6+. The topological polar surface area (TPSA) is 30.5 Å². The quantitative estimate of drug-likeness (QED) is 0.764. The summed E-state index contributed by atoms with van der Waals surface area (Å²) in [5.41, 5.74) is 2.26. The Kier molecular flexibility index (Phi) is 4.86. The highest BCUT2D eigenvalue weighted by Crippen LogP contribution is 2.34. The maximum atomic E-state index is 5.43. The SMILES string of the molecule is COc1cccc(OC)c1/C(C)=C/CCNC1CC1. The molecule has 0 aromatic heterocycles. The number of hydrogen-bond acceptors (Lipinski definition) is 3. The lowest BCUT2D eigenvalue weighted by atomic mass is 10.0. The third kappa shape index (κ3) is 3.74. The van der Waals surface area contributed by atoms with Crippen molar-refractivity contribution in [1.82, 2.24) is 5.32 Å². The molecule has 1 saturated carbocycles. The van der Waals surface area contributed by atoms with Crippen molar-refractivity contribution in [2.75, 3.05) is 20.8 Å². The first-order chi connectivity index (χ1) is 9.26. The van der Waals surface area contributed by atoms with Crippen LogP contribution in [0, 0.1) is 0 Å². The molecule has 0 amide bonds. The van der Waals surface area contributed by atoms with Crippen LogP contribution < -0.4 is 14.8 Å². The van der Waals surface area contributed by atoms with Gasteiger partial charge in [-0.15, -0.1) is 0 Å². The molecule has 0 radical (unpaired) electrons. The van der Waals surface area contributed by atoms with Crippen LogP contribution in [0.2, 0.25) is 0 Å². The molecule has 3 nitrogen and oxygen atoms in total. The van der Waals surface area contributed by atoms with Gasteiger partial charge in [0.1, 0.15) is 11.5 Å². The Morgan fingerprint density at radius 2 is 1.89 bits per heavy atom. The van der Waals surface area contributed by atoms with Gasteiger partial charge in [-0.1, -0.05) is 12.1 Å². The van der Waals surface area contributed by atoms with Crippen LogP contribution in [0.1, 0.15) is 31.7 Å². The molecule has 0 bridgehead atoms. The van der Waals surface area contributed by atoms with Crippen molar-refractivity contribution in [3.63, 3.8) is 0 Å². The summed E-state index contributed by atoms with van der Waals surface area (Å²) in [5, 5.41) is 3.51. The number of benzene rings is 1. The molecule has 1 aromatic carbocycles. The second kappa shape index (κ2) is 6.62. The molecular formula is C16H23NO2. The van der Waals surface area contributed by atoms with E-state index < -0.39 is 0 Å². The van der Waals surface area contributed by atoms with Crippen LogP contribution in [0.5, 0.6) is 11.5 Å². The highest BCUT2D eigenvalue weighted by Gasteiger charge is 2.19. The van der Waals surface area contributed by atoms with E-state index in [0.717, 1.165) is 36.1 Å². The van der Waals surface area contributed by atoms with E-state index in [0.29, 0.717) is 0 Å². The zero-order chi connectivity index (χ0) is 13.7. The summed E-state index contributed by atoms with van der Waals surface area (Å²) in [5.74, 6) is 1.73. The van der Waals surface area contributed by atoms with E-state index in [2.05, 4.69) is 18.3 Å². The highest BCUT2D eigenvalue weighted by atomic mass is 16.5. The largest absolute Gasteiger partial charge is 0.496 e. The fraction of sp³-hybridized carbons (Fsp3) is 0.500. The van der Waals surface area contributed by atoms with Crippen molar-refractivity contribution in [2.24, 2.45) is 0 Å². The number of nitrogens with one attached hydrogen (secondary N) is 1. The molecule has 104 valence electrons. The van der Waals surface area contributed by atoms with Gasteiger partial charge in [0, 0.05) is 6.04 Å². The zero-order valence-corrected chi connectivity index (χ0v) is 12.0. The van der Waals surface area contributed by atoms with Gasteiger partial charge in [-0.2, -0.15) is 0 Å². The second-order valence-corrected chi connectivity index (χ2v) is 4.94. The molecule has 1 aliphatic carbocycles. The molecule has 0 aliphatic heterocycles. The molecule has 0 saturated heterocycles. The highest BCUT2D eigenvalue weighted by molar-refractivity contribution is 5.74. The molecule has 1 aromatic rings. The summed E-state index contributed by atoms with van der Waals surface area (Å²) in [4.78, 5) is 0. The van der Waals surface area contributed by atoms with Crippen molar-refractivity contribution < 1.29 is 9.47 Å². The maximum absolute atomic E-state index is 5.43. The van der Waals surface area contributed by atoms with Gasteiger partial charge >= 0.3 is 0 Å². The van der Waals surface area contributed by atoms with Crippen molar-refractivity contribution in [1.29, 1.82) is 0 Å². The summed E-state index contributed by atoms with van der Waals surface area (Å²) in [7, 11) is 3.39. The van der Waals surface area contributed by atoms with Crippen molar-refractivity contribution in [3.05, 3.63) is 29.8 Å². The minimum Gasteiger partial charge on any atom is -0.496 e. The van der Waals surface area contributed by atoms with Crippen molar-refractivity contribution >= 4 is 5.57 Å². The van der Waals surface area contributed by atoms with E-state index in [9.17, 15) is 0 Å². The Labute approximate surface area is 115 Å². The van der Waals surface area contributed by atoms with E-state index in [1.165, 1.54) is 18.4 Å². The smallest absolute Gasteiger partial charge is 0.130 e. The molecule has 0 spiro atoms. The minimum absolute atomic E-state index is 0.773. The maximum Gasteiger partial charge on any atom is 0.130 e. The summed E-state index contributed by atoms with van der Waals surface area (Å²) in [6.45, 7) is 3.15. The van der Waals surface area contributed by atoms with Gasteiger partial charge in [0.15, 0.2) is 0 Å². The monoisotopic (exact) mass is 261 g/mol. The van der Waals surface area contributed by atoms with E-state index in [-0.39, 0.29) is 0 Å². The number of hydrogen-bond donors (Lipinski definition) is 1. The van der Waals surface area contributed by atoms with Gasteiger partial charge < -0.3 is 14.8 Å². The molecule has 0 atom stereocenters. The number of rotatable bonds is 7. The first kappa shape index (κ1) is 13.9. The van der Waals surface area contributed by atoms with Crippen molar-refractivity contribution in [3.8, 4) is 11.5 Å². The fourth-order valence-corrected chi connectivity index (χ4v) is 2.21. The molecule has 1 fully saturated rings. The predicted molar refractivity (Wildman–Crippen MR) is 78.8 cm³/mol. The molecule has 1 N–H and O–H groups in total. The number of methoxy groups -OCH3 is 2. The number of ether oxygens (including phenoxy) is 2. The van der Waals surface area contributed by atoms with E-state index >= 15 is 0 Å². The Morgan fingerprint density at radius 3 is 2.42 bits per heavy atom. The Bertz CT molecular complexity index is 428. The van der Waals surface area contributed by atoms with Crippen LogP contribution in [-0.4, -0.2) is 26.8 Å². The van der Waals surface area contributed by atoms with Gasteiger partial charge in [0.25, 0.3) is 0 Å². The molecular weight excluding hydrogens is 238 g/mol. The summed E-state index contributed by atoms with van der Waals surface area (Å²) in [6.07, 6.45) is 5.95. The molecule has 0 heterocycles. The molecule has 3 heteroatoms. The van der Waals surface area contributed by atoms with Crippen LogP contribution >= 0.6 is 0 Å². The predicted octanol–water partition coefficient (Wildman–Crippen LogP) is 3.25. The van der Waals surface area contributed by atoms with E-state index in [1.807, 2.05) is 18.2 Å². The van der Waals surface area contributed by atoms with Gasteiger partial charge in [-0.25, -0.2) is 0 Å². The minimum atomic E-state index is 0.773. The summed E-state index contributed by atoms with van der Waals surface area (Å²) >= 11 is 0. The van der Waals surface area contributed by atoms with Gasteiger partial charge in [0.2, 0.25) is 0 Å². The first-order valence-corrected chi connectivity index (χ1v) is 6.87. The Balaban J connectivity index is 2.06. The van der Waals surface area contributed by atoms with Gasteiger partial charge in [-0.3, -0.25) is 0 Å². The zero-order valence-electron chi connectivity index (χ0n) is 12.0. The van der Waals surface area contributed by atoms with Crippen LogP contribution in [0.15, 0.2) is 24.3 Å². The second-order valence-electron chi connectivity index (χ2n) is 4.94. The fourth-order valence-electron chi connectivity index (χ4n) is 2.21. The molecule has 2 rings (SSSR count). The molecule has 0 unspecified atom stereocenters. The Morgan fingerprint density at radius 1 is 1.26 bits per heavy atom. The van der Waals surface area contributed by atoms with Crippen LogP contribution in [-0.2, 0) is 0 Å². The van der Waals surface area contributed by atoms with Crippen LogP contribution in [0.3, 0.4) is 0 Å². The van der Waals surface area contributed by atoms with Crippen molar-refractivity contribution in [2.45, 2.75) is 32.2 Å². The average Bonchev–Trinajstić information content (AvgIpc) is 3.26. The van der Waals surface area contributed by atoms with Gasteiger partial charge in [-0.05, 0) is 50.4 Å². The normalized spacial score (nSPS) is 15.4. The van der Waals surface area contributed by atoms with E-state index in [4.69, 9.17) is 9.47 Å². The lowest BCUT2D eigenvalue weighted by Gasteiger charge is -2.13. The average molecular weight is 261 g/mol. The third-order valence-corrected chi connectivity index (χ3v) is 3.43. The first-order valence-electron chi connectivity index (χ1n) is 6.87. The third-order valence-electron chi connectivity index (χ3n) is 3.43. The number of allylic oxidation sites excluding steroid dienone is 1. The van der Waals surface area contributed by atoms with Crippen LogP contribution in [0.4, 0.5) is 0 Å². The Hall–Kier alpha value is -1.48. The lowest BCUT2D eigenvalue weighted by molar-refractivity contribution is 0.392. The van der Waals surface area contributed by atoms with Gasteiger partial charge in [0.05, 0.1) is 19.8 Å². The summed E-state index contributed by atoms with van der Waals surface area (Å²) < 4.78 is 10.9. The summed E-state index contributed by atoms with van der Waals surface area (Å²) in [6, 6.07) is 6.66.